The Hall–Kier alpha value is -2.04. The molecule has 1 aromatic carbocycles. The van der Waals surface area contributed by atoms with E-state index in [2.05, 4.69) is 10.6 Å². The van der Waals surface area contributed by atoms with E-state index < -0.39 is 0 Å². The molecule has 19 heavy (non-hydrogen) atoms. The topological polar surface area (TPSA) is 67.4 Å². The molecule has 2 amide bonds. The number of hydrogen-bond donors (Lipinski definition) is 2. The first-order chi connectivity index (χ1) is 9.10. The summed E-state index contributed by atoms with van der Waals surface area (Å²) in [5.41, 5.74) is 2.19. The van der Waals surface area contributed by atoms with Crippen LogP contribution in [0.2, 0.25) is 0 Å². The zero-order valence-electron chi connectivity index (χ0n) is 11.2. The molecular formula is C14H18N2O3. The minimum atomic E-state index is -0.179. The molecule has 5 heteroatoms. The fourth-order valence-corrected chi connectivity index (χ4v) is 1.99. The lowest BCUT2D eigenvalue weighted by Crippen LogP contribution is -2.26. The number of hydrogen-bond acceptors (Lipinski definition) is 3. The van der Waals surface area contributed by atoms with Crippen molar-refractivity contribution in [1.82, 2.24) is 0 Å². The summed E-state index contributed by atoms with van der Waals surface area (Å²) in [6.45, 7) is 3.93. The van der Waals surface area contributed by atoms with Crippen LogP contribution >= 0.6 is 0 Å². The number of rotatable bonds is 4. The fourth-order valence-electron chi connectivity index (χ4n) is 1.99. The second-order valence-corrected chi connectivity index (χ2v) is 4.68. The maximum absolute atomic E-state index is 11.8. The molecule has 2 rings (SSSR count). The largest absolute Gasteiger partial charge is 0.479 e. The number of carbonyl (C=O) groups is 2. The molecule has 0 radical (unpaired) electrons. The van der Waals surface area contributed by atoms with Crippen LogP contribution in [0.25, 0.3) is 0 Å². The second-order valence-electron chi connectivity index (χ2n) is 4.68. The summed E-state index contributed by atoms with van der Waals surface area (Å²) in [6, 6.07) is 3.67. The molecule has 0 aromatic heterocycles. The van der Waals surface area contributed by atoms with Crippen molar-refractivity contribution >= 4 is 23.2 Å². The van der Waals surface area contributed by atoms with Crippen LogP contribution in [0.3, 0.4) is 0 Å². The summed E-state index contributed by atoms with van der Waals surface area (Å²) in [5, 5.41) is 5.59. The van der Waals surface area contributed by atoms with Crippen LogP contribution in [0, 0.1) is 6.92 Å². The predicted octanol–water partition coefficient (Wildman–Crippen LogP) is 2.45. The lowest BCUT2D eigenvalue weighted by Gasteiger charge is -2.21. The van der Waals surface area contributed by atoms with Crippen molar-refractivity contribution in [3.05, 3.63) is 17.7 Å². The normalized spacial score (nSPS) is 13.3. The Bertz CT molecular complexity index is 512. The van der Waals surface area contributed by atoms with E-state index in [1.807, 2.05) is 26.0 Å². The van der Waals surface area contributed by atoms with E-state index in [4.69, 9.17) is 4.74 Å². The zero-order valence-corrected chi connectivity index (χ0v) is 11.2. The van der Waals surface area contributed by atoms with Gasteiger partial charge in [-0.3, -0.25) is 9.59 Å². The monoisotopic (exact) mass is 262 g/mol. The Kier molecular flexibility index (Phi) is 4.04. The molecule has 0 bridgehead atoms. The number of benzene rings is 1. The van der Waals surface area contributed by atoms with Gasteiger partial charge in [0.15, 0.2) is 12.4 Å². The van der Waals surface area contributed by atoms with E-state index in [0.717, 1.165) is 18.4 Å². The molecular weight excluding hydrogens is 244 g/mol. The summed E-state index contributed by atoms with van der Waals surface area (Å²) < 4.78 is 5.40. The molecule has 1 aromatic rings. The highest BCUT2D eigenvalue weighted by atomic mass is 16.5. The third-order valence-electron chi connectivity index (χ3n) is 2.89. The maximum atomic E-state index is 11.8. The SMILES string of the molecule is CCCCC(=O)Nc1cc(C)cc2c1OCC(=O)N2. The minimum Gasteiger partial charge on any atom is -0.479 e. The van der Waals surface area contributed by atoms with Gasteiger partial charge in [0.05, 0.1) is 11.4 Å². The smallest absolute Gasteiger partial charge is 0.262 e. The first-order valence-electron chi connectivity index (χ1n) is 6.47. The molecule has 0 fully saturated rings. The van der Waals surface area contributed by atoms with Crippen LogP contribution in [0.5, 0.6) is 5.75 Å². The first-order valence-corrected chi connectivity index (χ1v) is 6.47. The number of unbranched alkanes of at least 4 members (excludes halogenated alkanes) is 1. The van der Waals surface area contributed by atoms with Gasteiger partial charge >= 0.3 is 0 Å². The Morgan fingerprint density at radius 1 is 1.47 bits per heavy atom. The van der Waals surface area contributed by atoms with Crippen molar-refractivity contribution in [3.8, 4) is 5.75 Å². The molecule has 2 N–H and O–H groups in total. The second kappa shape index (κ2) is 5.73. The van der Waals surface area contributed by atoms with Gasteiger partial charge in [-0.2, -0.15) is 0 Å². The summed E-state index contributed by atoms with van der Waals surface area (Å²) >= 11 is 0. The lowest BCUT2D eigenvalue weighted by atomic mass is 10.1. The number of aryl methyl sites for hydroxylation is 1. The predicted molar refractivity (Wildman–Crippen MR) is 73.5 cm³/mol. The van der Waals surface area contributed by atoms with Gasteiger partial charge in [0.25, 0.3) is 5.91 Å². The maximum Gasteiger partial charge on any atom is 0.262 e. The van der Waals surface area contributed by atoms with Gasteiger partial charge in [-0.15, -0.1) is 0 Å². The summed E-state index contributed by atoms with van der Waals surface area (Å²) in [7, 11) is 0. The Balaban J connectivity index is 2.20. The van der Waals surface area contributed by atoms with Gasteiger partial charge in [0.2, 0.25) is 5.91 Å². The number of amides is 2. The number of ether oxygens (including phenoxy) is 1. The molecule has 0 spiro atoms. The zero-order chi connectivity index (χ0) is 13.8. The standard InChI is InChI=1S/C14H18N2O3/c1-3-4-5-12(17)15-10-6-9(2)7-11-14(10)19-8-13(18)16-11/h6-7H,3-5,8H2,1-2H3,(H,15,17)(H,16,18). The highest BCUT2D eigenvalue weighted by molar-refractivity contribution is 6.00. The van der Waals surface area contributed by atoms with Crippen molar-refractivity contribution in [1.29, 1.82) is 0 Å². The van der Waals surface area contributed by atoms with Crippen molar-refractivity contribution in [2.75, 3.05) is 17.2 Å². The molecule has 0 saturated heterocycles. The third-order valence-corrected chi connectivity index (χ3v) is 2.89. The van der Waals surface area contributed by atoms with Crippen LogP contribution in [0.1, 0.15) is 31.7 Å². The first kappa shape index (κ1) is 13.4. The van der Waals surface area contributed by atoms with Crippen molar-refractivity contribution in [2.45, 2.75) is 33.1 Å². The highest BCUT2D eigenvalue weighted by Crippen LogP contribution is 2.37. The Morgan fingerprint density at radius 2 is 2.26 bits per heavy atom. The van der Waals surface area contributed by atoms with Crippen LogP contribution in [0.15, 0.2) is 12.1 Å². The van der Waals surface area contributed by atoms with Gasteiger partial charge < -0.3 is 15.4 Å². The van der Waals surface area contributed by atoms with Crippen molar-refractivity contribution in [3.63, 3.8) is 0 Å². The lowest BCUT2D eigenvalue weighted by molar-refractivity contribution is -0.118. The molecule has 0 atom stereocenters. The average Bonchev–Trinajstić information content (AvgIpc) is 2.35. The Labute approximate surface area is 112 Å². The third kappa shape index (κ3) is 3.24. The van der Waals surface area contributed by atoms with Gasteiger partial charge in [-0.1, -0.05) is 13.3 Å². The number of anilines is 2. The van der Waals surface area contributed by atoms with Gasteiger partial charge in [-0.25, -0.2) is 0 Å². The van der Waals surface area contributed by atoms with Crippen LogP contribution in [-0.4, -0.2) is 18.4 Å². The molecule has 102 valence electrons. The Morgan fingerprint density at radius 3 is 3.00 bits per heavy atom. The van der Waals surface area contributed by atoms with E-state index in [9.17, 15) is 9.59 Å². The van der Waals surface area contributed by atoms with Crippen molar-refractivity contribution in [2.24, 2.45) is 0 Å². The molecule has 1 aliphatic rings. The van der Waals surface area contributed by atoms with Gasteiger partial charge in [0.1, 0.15) is 0 Å². The van der Waals surface area contributed by atoms with E-state index in [1.54, 1.807) is 0 Å². The quantitative estimate of drug-likeness (QED) is 0.875. The van der Waals surface area contributed by atoms with Crippen LogP contribution in [-0.2, 0) is 9.59 Å². The van der Waals surface area contributed by atoms with Crippen LogP contribution < -0.4 is 15.4 Å². The fraction of sp³-hybridized carbons (Fsp3) is 0.429. The summed E-state index contributed by atoms with van der Waals surface area (Å²) in [6.07, 6.45) is 2.33. The average molecular weight is 262 g/mol. The van der Waals surface area contributed by atoms with Gasteiger partial charge in [-0.05, 0) is 31.0 Å². The van der Waals surface area contributed by atoms with E-state index in [1.165, 1.54) is 0 Å². The molecule has 0 aliphatic carbocycles. The van der Waals surface area contributed by atoms with Crippen LogP contribution in [0.4, 0.5) is 11.4 Å². The summed E-state index contributed by atoms with van der Waals surface area (Å²) in [4.78, 5) is 23.1. The molecule has 5 nitrogen and oxygen atoms in total. The molecule has 1 aliphatic heterocycles. The van der Waals surface area contributed by atoms with E-state index in [0.29, 0.717) is 23.5 Å². The molecule has 0 unspecified atom stereocenters. The number of fused-ring (bicyclic) bond motifs is 1. The van der Waals surface area contributed by atoms with Gasteiger partial charge in [0, 0.05) is 6.42 Å². The number of nitrogens with one attached hydrogen (secondary N) is 2. The number of carbonyl (C=O) groups excluding carboxylic acids is 2. The minimum absolute atomic E-state index is 0.0199. The highest BCUT2D eigenvalue weighted by Gasteiger charge is 2.20. The summed E-state index contributed by atoms with van der Waals surface area (Å²) in [5.74, 6) is 0.326. The van der Waals surface area contributed by atoms with Crippen molar-refractivity contribution < 1.29 is 14.3 Å². The van der Waals surface area contributed by atoms with E-state index >= 15 is 0 Å². The molecule has 0 saturated carbocycles. The van der Waals surface area contributed by atoms with E-state index in [-0.39, 0.29) is 18.4 Å². The molecule has 1 heterocycles.